The van der Waals surface area contributed by atoms with Crippen LogP contribution in [0.4, 0.5) is 0 Å². The molecule has 0 aromatic heterocycles. The molecule has 6 nitrogen and oxygen atoms in total. The van der Waals surface area contributed by atoms with Crippen LogP contribution in [0.5, 0.6) is 0 Å². The van der Waals surface area contributed by atoms with Crippen molar-refractivity contribution in [2.75, 3.05) is 85.1 Å². The number of likely N-dealkylation sites (tertiary alicyclic amines) is 3. The van der Waals surface area contributed by atoms with Crippen LogP contribution in [0.1, 0.15) is 64.2 Å². The van der Waals surface area contributed by atoms with Gasteiger partial charge in [-0.2, -0.15) is 0 Å². The topological polar surface area (TPSA) is 42.1 Å². The zero-order valence-corrected chi connectivity index (χ0v) is 21.3. The van der Waals surface area contributed by atoms with E-state index in [0.29, 0.717) is 0 Å². The van der Waals surface area contributed by atoms with E-state index in [4.69, 9.17) is 0 Å². The number of hydrogen-bond acceptors (Lipinski definition) is 6. The standard InChI is InChI=1S/C24H47N5.O.V/c1-4-13-26(14-5-1)20-12-25-11-10-19-29(23-21-27-15-6-2-7-16-27)24-22-28-17-8-3-9-18-28;;/h25H,1-23H2;;. The van der Waals surface area contributed by atoms with Crippen LogP contribution in [0.3, 0.4) is 0 Å². The molecular formula is C24H47N5OV. The molecule has 0 aromatic rings. The van der Waals surface area contributed by atoms with E-state index in [1.807, 2.05) is 0 Å². The Morgan fingerprint density at radius 2 is 1.23 bits per heavy atom. The zero-order chi connectivity index (χ0) is 21.6. The number of nitrogens with zero attached hydrogens (tertiary/aromatic N) is 4. The van der Waals surface area contributed by atoms with Crippen LogP contribution >= 0.6 is 0 Å². The maximum atomic E-state index is 12.3. The van der Waals surface area contributed by atoms with E-state index in [1.165, 1.54) is 108 Å². The molecule has 31 heavy (non-hydrogen) atoms. The second-order valence-corrected chi connectivity index (χ2v) is 10.8. The Bertz CT molecular complexity index is 524. The molecule has 3 fully saturated rings. The number of nitrogens with one attached hydrogen (secondary N) is 1. The Kier molecular flexibility index (Phi) is 13.1. The molecule has 3 rings (SSSR count). The summed E-state index contributed by atoms with van der Waals surface area (Å²) in [6, 6.07) is 0. The first-order valence-corrected chi connectivity index (χ1v) is 14.4. The second-order valence-electron chi connectivity index (χ2n) is 9.74. The molecule has 1 N–H and O–H groups in total. The summed E-state index contributed by atoms with van der Waals surface area (Å²) >= 11 is -0.935. The summed E-state index contributed by atoms with van der Waals surface area (Å²) < 4.78 is 13.5. The first-order chi connectivity index (χ1) is 15.3. The van der Waals surface area contributed by atoms with Gasteiger partial charge in [0.15, 0.2) is 0 Å². The van der Waals surface area contributed by atoms with Gasteiger partial charge < -0.3 is 0 Å². The molecule has 0 spiro atoms. The minimum atomic E-state index is -0.935. The van der Waals surface area contributed by atoms with Crippen molar-refractivity contribution in [3.8, 4) is 0 Å². The van der Waals surface area contributed by atoms with Crippen molar-refractivity contribution < 1.29 is 19.5 Å². The van der Waals surface area contributed by atoms with Gasteiger partial charge >= 0.3 is 198 Å². The Balaban J connectivity index is 1.40. The third-order valence-electron chi connectivity index (χ3n) is 7.25. The van der Waals surface area contributed by atoms with Crippen molar-refractivity contribution in [1.29, 1.82) is 0 Å². The molecule has 3 heterocycles. The fourth-order valence-electron chi connectivity index (χ4n) is 5.26. The normalized spacial score (nSPS) is 22.0. The van der Waals surface area contributed by atoms with Gasteiger partial charge in [0.25, 0.3) is 0 Å². The average molecular weight is 473 g/mol. The van der Waals surface area contributed by atoms with Crippen LogP contribution in [0.15, 0.2) is 0 Å². The molecule has 0 amide bonds. The number of piperidine rings is 3. The SMILES string of the molecule is [O]=[V]=[C](CN1CCCCC1)N(CCCNCCN1CCCCC1)CCN1CCCCC1. The molecule has 0 aliphatic carbocycles. The van der Waals surface area contributed by atoms with E-state index in [9.17, 15) is 3.67 Å². The van der Waals surface area contributed by atoms with Crippen LogP contribution in [0, 0.1) is 0 Å². The monoisotopic (exact) mass is 472 g/mol. The summed E-state index contributed by atoms with van der Waals surface area (Å²) in [5.41, 5.74) is 0. The molecule has 3 aliphatic rings. The van der Waals surface area contributed by atoms with Crippen LogP contribution in [0.25, 0.3) is 0 Å². The Hall–Kier alpha value is 0.0544. The zero-order valence-electron chi connectivity index (χ0n) is 19.9. The van der Waals surface area contributed by atoms with Gasteiger partial charge in [-0.05, 0) is 0 Å². The van der Waals surface area contributed by atoms with Crippen LogP contribution in [-0.2, 0) is 19.5 Å². The van der Waals surface area contributed by atoms with Gasteiger partial charge in [-0.3, -0.25) is 0 Å². The Morgan fingerprint density at radius 3 is 1.81 bits per heavy atom. The van der Waals surface area contributed by atoms with Crippen molar-refractivity contribution >= 4 is 4.35 Å². The summed E-state index contributed by atoms with van der Waals surface area (Å²) in [6.07, 6.45) is 13.4. The van der Waals surface area contributed by atoms with Crippen LogP contribution < -0.4 is 5.32 Å². The molecule has 0 unspecified atom stereocenters. The van der Waals surface area contributed by atoms with Gasteiger partial charge in [0.2, 0.25) is 0 Å². The predicted octanol–water partition coefficient (Wildman–Crippen LogP) is 2.28. The van der Waals surface area contributed by atoms with E-state index >= 15 is 0 Å². The first kappa shape index (κ1) is 25.7. The van der Waals surface area contributed by atoms with Crippen LogP contribution in [0.2, 0.25) is 0 Å². The van der Waals surface area contributed by atoms with Crippen molar-refractivity contribution in [2.24, 2.45) is 0 Å². The van der Waals surface area contributed by atoms with E-state index in [1.54, 1.807) is 0 Å². The third-order valence-corrected chi connectivity index (χ3v) is 8.25. The van der Waals surface area contributed by atoms with Gasteiger partial charge in [0.05, 0.1) is 0 Å². The fraction of sp³-hybridized carbons (Fsp3) is 0.958. The summed E-state index contributed by atoms with van der Waals surface area (Å²) in [5, 5.41) is 3.66. The Morgan fingerprint density at radius 1 is 0.677 bits per heavy atom. The summed E-state index contributed by atoms with van der Waals surface area (Å²) in [7, 11) is 0. The van der Waals surface area contributed by atoms with E-state index in [0.717, 1.165) is 45.7 Å². The molecule has 0 radical (unpaired) electrons. The van der Waals surface area contributed by atoms with Crippen LogP contribution in [-0.4, -0.2) is 109 Å². The van der Waals surface area contributed by atoms with E-state index in [2.05, 4.69) is 24.9 Å². The van der Waals surface area contributed by atoms with Gasteiger partial charge in [0, 0.05) is 0 Å². The van der Waals surface area contributed by atoms with Gasteiger partial charge in [-0.15, -0.1) is 0 Å². The van der Waals surface area contributed by atoms with Crippen molar-refractivity contribution in [1.82, 2.24) is 24.9 Å². The molecule has 0 saturated carbocycles. The first-order valence-electron chi connectivity index (χ1n) is 13.2. The number of rotatable bonds is 13. The number of hydrogen-bond donors (Lipinski definition) is 1. The van der Waals surface area contributed by atoms with Gasteiger partial charge in [-0.25, -0.2) is 0 Å². The minimum absolute atomic E-state index is 0.935. The van der Waals surface area contributed by atoms with Crippen molar-refractivity contribution in [2.45, 2.75) is 64.2 Å². The maximum absolute atomic E-state index is 12.3. The predicted molar refractivity (Wildman–Crippen MR) is 126 cm³/mol. The molecule has 0 bridgehead atoms. The fourth-order valence-corrected chi connectivity index (χ4v) is 6.15. The molecule has 0 aromatic carbocycles. The summed E-state index contributed by atoms with van der Waals surface area (Å²) in [6.45, 7) is 15.0. The quantitative estimate of drug-likeness (QED) is 0.415. The third kappa shape index (κ3) is 10.2. The van der Waals surface area contributed by atoms with Crippen molar-refractivity contribution in [3.63, 3.8) is 0 Å². The molecule has 179 valence electrons. The molecular weight excluding hydrogens is 425 g/mol. The molecule has 0 atom stereocenters. The summed E-state index contributed by atoms with van der Waals surface area (Å²) in [4.78, 5) is 10.3. The summed E-state index contributed by atoms with van der Waals surface area (Å²) in [5.74, 6) is 0. The second kappa shape index (κ2) is 15.8. The van der Waals surface area contributed by atoms with Gasteiger partial charge in [-0.1, -0.05) is 0 Å². The average Bonchev–Trinajstić information content (AvgIpc) is 2.84. The van der Waals surface area contributed by atoms with E-state index < -0.39 is 15.8 Å². The van der Waals surface area contributed by atoms with Crippen molar-refractivity contribution in [3.05, 3.63) is 0 Å². The van der Waals surface area contributed by atoms with Gasteiger partial charge in [0.1, 0.15) is 0 Å². The van der Waals surface area contributed by atoms with E-state index in [-0.39, 0.29) is 0 Å². The molecule has 3 aliphatic heterocycles. The molecule has 7 heteroatoms. The molecule has 3 saturated heterocycles. The Labute approximate surface area is 197 Å².